The molecule has 1 fully saturated rings. The van der Waals surface area contributed by atoms with E-state index in [9.17, 15) is 4.79 Å². The molecule has 0 saturated carbocycles. The molecule has 1 saturated heterocycles. The van der Waals surface area contributed by atoms with Crippen LogP contribution in [0.15, 0.2) is 30.5 Å². The van der Waals surface area contributed by atoms with Crippen molar-refractivity contribution in [3.8, 4) is 0 Å². The number of nitrogens with one attached hydrogen (secondary N) is 1. The van der Waals surface area contributed by atoms with Gasteiger partial charge in [-0.2, -0.15) is 0 Å². The van der Waals surface area contributed by atoms with Crippen LogP contribution in [0.1, 0.15) is 38.2 Å². The Labute approximate surface area is 120 Å². The number of nitrogens with zero attached hydrogens (tertiary/aromatic N) is 1. The Morgan fingerprint density at radius 1 is 1.40 bits per heavy atom. The van der Waals surface area contributed by atoms with Crippen LogP contribution in [0.4, 0.5) is 0 Å². The summed E-state index contributed by atoms with van der Waals surface area (Å²) in [5.41, 5.74) is 2.52. The number of rotatable bonds is 4. The third-order valence-electron chi connectivity index (χ3n) is 4.29. The second kappa shape index (κ2) is 5.70. The molecule has 2 aromatic rings. The third-order valence-corrected chi connectivity index (χ3v) is 4.29. The fraction of sp³-hybridized carbons (Fsp3) is 0.471. The number of H-pyrrole nitrogens is 1. The van der Waals surface area contributed by atoms with Crippen molar-refractivity contribution in [2.75, 3.05) is 6.54 Å². The summed E-state index contributed by atoms with van der Waals surface area (Å²) in [6.45, 7) is 3.01. The number of aromatic nitrogens is 1. The molecule has 1 aliphatic rings. The molecule has 106 valence electrons. The zero-order chi connectivity index (χ0) is 13.9. The molecule has 3 nitrogen and oxygen atoms in total. The number of amides is 1. The molecule has 1 unspecified atom stereocenters. The quantitative estimate of drug-likeness (QED) is 0.907. The maximum atomic E-state index is 12.2. The first-order chi connectivity index (χ1) is 9.79. The number of benzene rings is 1. The van der Waals surface area contributed by atoms with E-state index in [0.717, 1.165) is 32.2 Å². The van der Waals surface area contributed by atoms with Crippen molar-refractivity contribution in [1.82, 2.24) is 9.88 Å². The lowest BCUT2D eigenvalue weighted by molar-refractivity contribution is -0.132. The molecule has 1 atom stereocenters. The minimum absolute atomic E-state index is 0.329. The first-order valence-corrected chi connectivity index (χ1v) is 7.64. The highest BCUT2D eigenvalue weighted by molar-refractivity contribution is 5.83. The maximum absolute atomic E-state index is 12.2. The second-order valence-electron chi connectivity index (χ2n) is 5.70. The summed E-state index contributed by atoms with van der Waals surface area (Å²) in [4.78, 5) is 17.6. The van der Waals surface area contributed by atoms with Crippen molar-refractivity contribution in [1.29, 1.82) is 0 Å². The monoisotopic (exact) mass is 270 g/mol. The minimum atomic E-state index is 0.329. The molecule has 20 heavy (non-hydrogen) atoms. The molecule has 1 amide bonds. The molecular formula is C17H22N2O. The van der Waals surface area contributed by atoms with Crippen LogP contribution in [0.2, 0.25) is 0 Å². The summed E-state index contributed by atoms with van der Waals surface area (Å²) < 4.78 is 0. The summed E-state index contributed by atoms with van der Waals surface area (Å²) in [5, 5.41) is 1.29. The number of hydrogen-bond acceptors (Lipinski definition) is 1. The topological polar surface area (TPSA) is 36.1 Å². The Hall–Kier alpha value is -1.77. The van der Waals surface area contributed by atoms with E-state index in [4.69, 9.17) is 0 Å². The van der Waals surface area contributed by atoms with Crippen LogP contribution < -0.4 is 0 Å². The van der Waals surface area contributed by atoms with Gasteiger partial charge >= 0.3 is 0 Å². The summed E-state index contributed by atoms with van der Waals surface area (Å²) in [7, 11) is 0. The van der Waals surface area contributed by atoms with Crippen LogP contribution in [0.5, 0.6) is 0 Å². The molecule has 0 spiro atoms. The summed E-state index contributed by atoms with van der Waals surface area (Å²) >= 11 is 0. The molecule has 0 aliphatic carbocycles. The fourth-order valence-corrected chi connectivity index (χ4v) is 3.29. The molecule has 1 N–H and O–H groups in total. The molecule has 2 heterocycles. The van der Waals surface area contributed by atoms with Gasteiger partial charge in [-0.1, -0.05) is 25.1 Å². The molecule has 3 rings (SSSR count). The van der Waals surface area contributed by atoms with Crippen LogP contribution in [0.3, 0.4) is 0 Å². The summed E-state index contributed by atoms with van der Waals surface area (Å²) in [6.07, 6.45) is 6.97. The first kappa shape index (κ1) is 13.2. The van der Waals surface area contributed by atoms with Gasteiger partial charge in [0.15, 0.2) is 0 Å². The Morgan fingerprint density at radius 3 is 3.10 bits per heavy atom. The van der Waals surface area contributed by atoms with Gasteiger partial charge in [0.25, 0.3) is 0 Å². The highest BCUT2D eigenvalue weighted by Gasteiger charge is 2.28. The van der Waals surface area contributed by atoms with Crippen molar-refractivity contribution >= 4 is 16.8 Å². The van der Waals surface area contributed by atoms with Gasteiger partial charge < -0.3 is 9.88 Å². The molecular weight excluding hydrogens is 248 g/mol. The Bertz CT molecular complexity index is 602. The van der Waals surface area contributed by atoms with Gasteiger partial charge in [0.2, 0.25) is 5.91 Å². The zero-order valence-electron chi connectivity index (χ0n) is 12.1. The van der Waals surface area contributed by atoms with Crippen molar-refractivity contribution in [2.45, 2.75) is 45.1 Å². The van der Waals surface area contributed by atoms with Crippen LogP contribution >= 0.6 is 0 Å². The van der Waals surface area contributed by atoms with Crippen molar-refractivity contribution in [2.24, 2.45) is 0 Å². The number of carbonyl (C=O) groups excluding carboxylic acids is 1. The Morgan fingerprint density at radius 2 is 2.25 bits per heavy atom. The molecule has 0 bridgehead atoms. The van der Waals surface area contributed by atoms with Gasteiger partial charge in [0.05, 0.1) is 0 Å². The van der Waals surface area contributed by atoms with Gasteiger partial charge in [-0.05, 0) is 37.3 Å². The van der Waals surface area contributed by atoms with Crippen molar-refractivity contribution in [3.05, 3.63) is 36.0 Å². The number of aromatic amines is 1. The number of hydrogen-bond donors (Lipinski definition) is 1. The Kier molecular flexibility index (Phi) is 3.77. The van der Waals surface area contributed by atoms with Crippen LogP contribution in [-0.2, 0) is 11.2 Å². The maximum Gasteiger partial charge on any atom is 0.222 e. The van der Waals surface area contributed by atoms with E-state index in [-0.39, 0.29) is 0 Å². The number of carbonyl (C=O) groups is 1. The minimum Gasteiger partial charge on any atom is -0.361 e. The molecule has 1 aromatic carbocycles. The van der Waals surface area contributed by atoms with E-state index in [1.807, 2.05) is 0 Å². The average molecular weight is 270 g/mol. The SMILES string of the molecule is CCCC(=O)N1CCCC1Cc1c[nH]c2ccccc12. The van der Waals surface area contributed by atoms with E-state index < -0.39 is 0 Å². The number of para-hydroxylation sites is 1. The van der Waals surface area contributed by atoms with Gasteiger partial charge in [-0.3, -0.25) is 4.79 Å². The van der Waals surface area contributed by atoms with Gasteiger partial charge in [-0.25, -0.2) is 0 Å². The highest BCUT2D eigenvalue weighted by Crippen LogP contribution is 2.26. The number of fused-ring (bicyclic) bond motifs is 1. The lowest BCUT2D eigenvalue weighted by Crippen LogP contribution is -2.36. The third kappa shape index (κ3) is 2.45. The predicted octanol–water partition coefficient (Wildman–Crippen LogP) is 3.50. The largest absolute Gasteiger partial charge is 0.361 e. The predicted molar refractivity (Wildman–Crippen MR) is 81.6 cm³/mol. The second-order valence-corrected chi connectivity index (χ2v) is 5.70. The van der Waals surface area contributed by atoms with Crippen molar-refractivity contribution < 1.29 is 4.79 Å². The van der Waals surface area contributed by atoms with E-state index in [1.54, 1.807) is 0 Å². The normalized spacial score (nSPS) is 18.9. The van der Waals surface area contributed by atoms with Crippen molar-refractivity contribution in [3.63, 3.8) is 0 Å². The van der Waals surface area contributed by atoms with Gasteiger partial charge in [0, 0.05) is 36.1 Å². The fourth-order valence-electron chi connectivity index (χ4n) is 3.29. The standard InChI is InChI=1S/C17H22N2O/c1-2-6-17(20)19-10-5-7-14(19)11-13-12-18-16-9-4-3-8-15(13)16/h3-4,8-9,12,14,18H,2,5-7,10-11H2,1H3. The molecule has 0 radical (unpaired) electrons. The summed E-state index contributed by atoms with van der Waals surface area (Å²) in [5.74, 6) is 0.329. The van der Waals surface area contributed by atoms with E-state index in [1.165, 1.54) is 16.5 Å². The van der Waals surface area contributed by atoms with E-state index in [2.05, 4.69) is 47.3 Å². The highest BCUT2D eigenvalue weighted by atomic mass is 16.2. The summed E-state index contributed by atoms with van der Waals surface area (Å²) in [6, 6.07) is 8.78. The van der Waals surface area contributed by atoms with E-state index in [0.29, 0.717) is 18.4 Å². The first-order valence-electron chi connectivity index (χ1n) is 7.64. The smallest absolute Gasteiger partial charge is 0.222 e. The molecule has 1 aromatic heterocycles. The van der Waals surface area contributed by atoms with Crippen LogP contribution in [0.25, 0.3) is 10.9 Å². The molecule has 1 aliphatic heterocycles. The average Bonchev–Trinajstić information content (AvgIpc) is 3.07. The lowest BCUT2D eigenvalue weighted by Gasteiger charge is -2.24. The Balaban J connectivity index is 1.78. The van der Waals surface area contributed by atoms with E-state index >= 15 is 0 Å². The van der Waals surface area contributed by atoms with Crippen LogP contribution in [-0.4, -0.2) is 28.4 Å². The number of likely N-dealkylation sites (tertiary alicyclic amines) is 1. The van der Waals surface area contributed by atoms with Crippen LogP contribution in [0, 0.1) is 0 Å². The van der Waals surface area contributed by atoms with Gasteiger partial charge in [0.1, 0.15) is 0 Å². The lowest BCUT2D eigenvalue weighted by atomic mass is 10.0. The van der Waals surface area contributed by atoms with Gasteiger partial charge in [-0.15, -0.1) is 0 Å². The zero-order valence-corrected chi connectivity index (χ0v) is 12.1. The molecule has 3 heteroatoms.